The summed E-state index contributed by atoms with van der Waals surface area (Å²) in [6.45, 7) is 5.62. The number of hydrogen-bond acceptors (Lipinski definition) is 5. The van der Waals surface area contributed by atoms with E-state index in [-0.39, 0.29) is 5.88 Å². The zero-order valence-electron chi connectivity index (χ0n) is 13.0. The molecule has 0 radical (unpaired) electrons. The van der Waals surface area contributed by atoms with Crippen LogP contribution >= 0.6 is 0 Å². The Labute approximate surface area is 124 Å². The Kier molecular flexibility index (Phi) is 4.14. The summed E-state index contributed by atoms with van der Waals surface area (Å²) < 4.78 is 10.3. The molecule has 1 aromatic heterocycles. The molecule has 1 aromatic carbocycles. The molecule has 0 aliphatic rings. The van der Waals surface area contributed by atoms with E-state index >= 15 is 0 Å². The zero-order chi connectivity index (χ0) is 15.6. The first-order valence-electron chi connectivity index (χ1n) is 6.65. The number of methoxy groups -OCH3 is 2. The molecule has 0 aliphatic carbocycles. The van der Waals surface area contributed by atoms with Crippen molar-refractivity contribution < 1.29 is 14.6 Å². The van der Waals surface area contributed by atoms with Gasteiger partial charge >= 0.3 is 0 Å². The van der Waals surface area contributed by atoms with Crippen LogP contribution in [0, 0.1) is 13.8 Å². The van der Waals surface area contributed by atoms with E-state index in [2.05, 4.69) is 9.97 Å². The molecule has 0 fully saturated rings. The fourth-order valence-corrected chi connectivity index (χ4v) is 2.32. The van der Waals surface area contributed by atoms with Gasteiger partial charge in [-0.05, 0) is 31.9 Å². The molecule has 1 unspecified atom stereocenters. The smallest absolute Gasteiger partial charge is 0.242 e. The first-order valence-corrected chi connectivity index (χ1v) is 6.65. The van der Waals surface area contributed by atoms with Crippen molar-refractivity contribution in [3.05, 3.63) is 46.8 Å². The molecular formula is C16H20N2O3. The van der Waals surface area contributed by atoms with Gasteiger partial charge in [-0.2, -0.15) is 4.98 Å². The predicted octanol–water partition coefficient (Wildman–Crippen LogP) is 2.37. The Balaban J connectivity index is 2.60. The summed E-state index contributed by atoms with van der Waals surface area (Å²) >= 11 is 0. The molecule has 0 spiro atoms. The number of benzene rings is 1. The molecule has 2 rings (SSSR count). The number of aromatic nitrogens is 2. The monoisotopic (exact) mass is 288 g/mol. The third-order valence-electron chi connectivity index (χ3n) is 3.50. The third kappa shape index (κ3) is 2.83. The van der Waals surface area contributed by atoms with Crippen molar-refractivity contribution in [2.24, 2.45) is 0 Å². The van der Waals surface area contributed by atoms with E-state index in [1.165, 1.54) is 20.4 Å². The zero-order valence-corrected chi connectivity index (χ0v) is 13.0. The summed E-state index contributed by atoms with van der Waals surface area (Å²) in [6, 6.07) is 5.93. The Morgan fingerprint density at radius 3 is 2.48 bits per heavy atom. The lowest BCUT2D eigenvalue weighted by atomic mass is 9.88. The van der Waals surface area contributed by atoms with Gasteiger partial charge in [-0.3, -0.25) is 0 Å². The van der Waals surface area contributed by atoms with Crippen LogP contribution in [0.5, 0.6) is 11.8 Å². The Morgan fingerprint density at radius 2 is 1.86 bits per heavy atom. The van der Waals surface area contributed by atoms with Gasteiger partial charge in [0.1, 0.15) is 11.3 Å². The maximum atomic E-state index is 11.0. The fraction of sp³-hybridized carbons (Fsp3) is 0.375. The lowest BCUT2D eigenvalue weighted by Crippen LogP contribution is -2.27. The van der Waals surface area contributed by atoms with Crippen LogP contribution in [0.15, 0.2) is 24.4 Å². The number of rotatable bonds is 4. The predicted molar refractivity (Wildman–Crippen MR) is 79.7 cm³/mol. The first-order chi connectivity index (χ1) is 9.90. The minimum absolute atomic E-state index is 0.250. The molecule has 112 valence electrons. The molecule has 0 aliphatic heterocycles. The van der Waals surface area contributed by atoms with Crippen LogP contribution < -0.4 is 9.47 Å². The van der Waals surface area contributed by atoms with E-state index in [1.807, 2.05) is 32.0 Å². The van der Waals surface area contributed by atoms with E-state index in [1.54, 1.807) is 6.92 Å². The molecule has 1 heterocycles. The SMILES string of the molecule is COc1cnc(C(C)(O)c2cc(C)ccc2C)c(OC)n1. The third-order valence-corrected chi connectivity index (χ3v) is 3.50. The molecule has 2 aromatic rings. The lowest BCUT2D eigenvalue weighted by Gasteiger charge is -2.26. The number of ether oxygens (including phenoxy) is 2. The molecule has 0 bridgehead atoms. The van der Waals surface area contributed by atoms with Crippen LogP contribution in [0.1, 0.15) is 29.3 Å². The van der Waals surface area contributed by atoms with E-state index in [0.29, 0.717) is 11.6 Å². The van der Waals surface area contributed by atoms with Crippen LogP contribution in [0.2, 0.25) is 0 Å². The largest absolute Gasteiger partial charge is 0.480 e. The summed E-state index contributed by atoms with van der Waals surface area (Å²) in [5.41, 5.74) is 1.88. The number of aryl methyl sites for hydroxylation is 2. The summed E-state index contributed by atoms with van der Waals surface area (Å²) in [5.74, 6) is 0.590. The highest BCUT2D eigenvalue weighted by Gasteiger charge is 2.33. The van der Waals surface area contributed by atoms with Crippen LogP contribution in [-0.4, -0.2) is 29.3 Å². The maximum Gasteiger partial charge on any atom is 0.242 e. The molecule has 0 amide bonds. The second-order valence-electron chi connectivity index (χ2n) is 5.16. The second-order valence-corrected chi connectivity index (χ2v) is 5.16. The number of hydrogen-bond donors (Lipinski definition) is 1. The van der Waals surface area contributed by atoms with E-state index < -0.39 is 5.60 Å². The molecule has 1 atom stereocenters. The summed E-state index contributed by atoms with van der Waals surface area (Å²) in [4.78, 5) is 8.46. The lowest BCUT2D eigenvalue weighted by molar-refractivity contribution is 0.0919. The molecule has 5 heteroatoms. The van der Waals surface area contributed by atoms with Gasteiger partial charge < -0.3 is 14.6 Å². The highest BCUT2D eigenvalue weighted by atomic mass is 16.5. The molecule has 0 saturated carbocycles. The van der Waals surface area contributed by atoms with Crippen molar-refractivity contribution in [2.45, 2.75) is 26.4 Å². The normalized spacial score (nSPS) is 13.6. The van der Waals surface area contributed by atoms with Gasteiger partial charge in [-0.15, -0.1) is 0 Å². The summed E-state index contributed by atoms with van der Waals surface area (Å²) in [5, 5.41) is 11.0. The minimum Gasteiger partial charge on any atom is -0.480 e. The van der Waals surface area contributed by atoms with Gasteiger partial charge in [-0.1, -0.05) is 23.8 Å². The minimum atomic E-state index is -1.30. The quantitative estimate of drug-likeness (QED) is 0.935. The van der Waals surface area contributed by atoms with Crippen molar-refractivity contribution in [1.82, 2.24) is 9.97 Å². The van der Waals surface area contributed by atoms with Gasteiger partial charge in [0, 0.05) is 0 Å². The van der Waals surface area contributed by atoms with E-state index in [4.69, 9.17) is 9.47 Å². The van der Waals surface area contributed by atoms with Crippen molar-refractivity contribution in [1.29, 1.82) is 0 Å². The Bertz CT molecular complexity index is 654. The molecule has 5 nitrogen and oxygen atoms in total. The van der Waals surface area contributed by atoms with Crippen molar-refractivity contribution in [2.75, 3.05) is 14.2 Å². The van der Waals surface area contributed by atoms with Gasteiger partial charge in [0.2, 0.25) is 11.8 Å². The maximum absolute atomic E-state index is 11.0. The molecule has 1 N–H and O–H groups in total. The topological polar surface area (TPSA) is 64.5 Å². The second kappa shape index (κ2) is 5.69. The highest BCUT2D eigenvalue weighted by molar-refractivity contribution is 5.42. The summed E-state index contributed by atoms with van der Waals surface area (Å²) in [6.07, 6.45) is 1.47. The number of nitrogens with zero attached hydrogens (tertiary/aromatic N) is 2. The van der Waals surface area contributed by atoms with Crippen LogP contribution in [0.4, 0.5) is 0 Å². The average molecular weight is 288 g/mol. The van der Waals surface area contributed by atoms with Crippen molar-refractivity contribution in [3.63, 3.8) is 0 Å². The first kappa shape index (κ1) is 15.3. The van der Waals surface area contributed by atoms with Gasteiger partial charge in [0.05, 0.1) is 20.4 Å². The Hall–Kier alpha value is -2.14. The van der Waals surface area contributed by atoms with Crippen molar-refractivity contribution in [3.8, 4) is 11.8 Å². The van der Waals surface area contributed by atoms with E-state index in [0.717, 1.165) is 16.7 Å². The molecule has 0 saturated heterocycles. The van der Waals surface area contributed by atoms with Gasteiger partial charge in [0.25, 0.3) is 0 Å². The van der Waals surface area contributed by atoms with Gasteiger partial charge in [0.15, 0.2) is 0 Å². The number of aliphatic hydroxyl groups is 1. The highest BCUT2D eigenvalue weighted by Crippen LogP contribution is 2.35. The van der Waals surface area contributed by atoms with Gasteiger partial charge in [-0.25, -0.2) is 4.98 Å². The van der Waals surface area contributed by atoms with Crippen LogP contribution in [0.25, 0.3) is 0 Å². The standard InChI is InChI=1S/C16H20N2O3/c1-10-6-7-11(2)12(8-10)16(3,19)14-15(21-5)18-13(20-4)9-17-14/h6-9,19H,1-5H3. The summed E-state index contributed by atoms with van der Waals surface area (Å²) in [7, 11) is 3.00. The molecular weight excluding hydrogens is 268 g/mol. The van der Waals surface area contributed by atoms with Crippen LogP contribution in [0.3, 0.4) is 0 Å². The fourth-order valence-electron chi connectivity index (χ4n) is 2.32. The average Bonchev–Trinajstić information content (AvgIpc) is 2.48. The van der Waals surface area contributed by atoms with Crippen LogP contribution in [-0.2, 0) is 5.60 Å². The van der Waals surface area contributed by atoms with Crippen molar-refractivity contribution >= 4 is 0 Å². The Morgan fingerprint density at radius 1 is 1.14 bits per heavy atom. The van der Waals surface area contributed by atoms with E-state index in [9.17, 15) is 5.11 Å². The molecule has 21 heavy (non-hydrogen) atoms.